The van der Waals surface area contributed by atoms with Gasteiger partial charge in [0.2, 0.25) is 0 Å². The summed E-state index contributed by atoms with van der Waals surface area (Å²) < 4.78 is 6.28. The number of piperidine rings is 1. The lowest BCUT2D eigenvalue weighted by molar-refractivity contribution is 0.0660. The average Bonchev–Trinajstić information content (AvgIpc) is 3.68. The number of hydrogen-bond acceptors (Lipinski definition) is 4. The van der Waals surface area contributed by atoms with Crippen molar-refractivity contribution in [2.45, 2.75) is 70.3 Å². The van der Waals surface area contributed by atoms with Gasteiger partial charge in [-0.05, 0) is 105 Å². The van der Waals surface area contributed by atoms with E-state index in [-0.39, 0.29) is 11.8 Å². The molecule has 2 aromatic rings. The third-order valence-corrected chi connectivity index (χ3v) is 9.52. The van der Waals surface area contributed by atoms with Crippen LogP contribution in [0.3, 0.4) is 0 Å². The minimum absolute atomic E-state index is 0.0620. The highest BCUT2D eigenvalue weighted by Gasteiger charge is 2.26. The van der Waals surface area contributed by atoms with E-state index < -0.39 is 0 Å². The zero-order chi connectivity index (χ0) is 26.6. The first kappa shape index (κ1) is 26.4. The standard InChI is InChI=1S/C33H43N3O3/c37-32(35-17-3-4-18-35)27-7-9-28(10-8-27)33(38)36-19-13-25(14-20-36)24-39-31-12-11-26-15-21-34(22-16-29(26)23-31)30-5-1-2-6-30/h7-12,23,25,30H,1-6,13-22,24H2. The Morgan fingerprint density at radius 3 is 1.90 bits per heavy atom. The van der Waals surface area contributed by atoms with Crippen LogP contribution in [0.25, 0.3) is 0 Å². The predicted octanol–water partition coefficient (Wildman–Crippen LogP) is 5.20. The lowest BCUT2D eigenvalue weighted by Gasteiger charge is -2.32. The van der Waals surface area contributed by atoms with Crippen molar-refractivity contribution in [2.24, 2.45) is 5.92 Å². The van der Waals surface area contributed by atoms with Crippen molar-refractivity contribution in [3.63, 3.8) is 0 Å². The zero-order valence-electron chi connectivity index (χ0n) is 23.3. The van der Waals surface area contributed by atoms with Crippen LogP contribution in [-0.4, -0.2) is 78.4 Å². The van der Waals surface area contributed by atoms with Crippen LogP contribution in [0.5, 0.6) is 5.75 Å². The number of likely N-dealkylation sites (tertiary alicyclic amines) is 2. The van der Waals surface area contributed by atoms with Crippen molar-refractivity contribution in [3.05, 3.63) is 64.7 Å². The molecule has 0 spiro atoms. The highest BCUT2D eigenvalue weighted by Crippen LogP contribution is 2.28. The van der Waals surface area contributed by atoms with Crippen LogP contribution in [0.4, 0.5) is 0 Å². The Hall–Kier alpha value is -2.86. The largest absolute Gasteiger partial charge is 0.493 e. The van der Waals surface area contributed by atoms with Gasteiger partial charge in [0.25, 0.3) is 11.8 Å². The third-order valence-electron chi connectivity index (χ3n) is 9.52. The van der Waals surface area contributed by atoms with E-state index in [9.17, 15) is 9.59 Å². The third kappa shape index (κ3) is 6.16. The summed E-state index contributed by atoms with van der Waals surface area (Å²) >= 11 is 0. The van der Waals surface area contributed by atoms with Gasteiger partial charge in [-0.1, -0.05) is 18.9 Å². The molecule has 3 aliphatic heterocycles. The molecule has 39 heavy (non-hydrogen) atoms. The minimum atomic E-state index is 0.0620. The normalized spacial score (nSPS) is 21.1. The molecule has 2 saturated heterocycles. The number of carbonyl (C=O) groups excluding carboxylic acids is 2. The average molecular weight is 530 g/mol. The van der Waals surface area contributed by atoms with E-state index in [0.29, 0.717) is 23.7 Å². The molecule has 3 fully saturated rings. The molecule has 1 saturated carbocycles. The first-order valence-electron chi connectivity index (χ1n) is 15.3. The smallest absolute Gasteiger partial charge is 0.253 e. The number of hydrogen-bond donors (Lipinski definition) is 0. The first-order valence-corrected chi connectivity index (χ1v) is 15.3. The second kappa shape index (κ2) is 12.1. The van der Waals surface area contributed by atoms with Crippen LogP contribution in [0.15, 0.2) is 42.5 Å². The van der Waals surface area contributed by atoms with Crippen molar-refractivity contribution in [1.82, 2.24) is 14.7 Å². The van der Waals surface area contributed by atoms with Crippen LogP contribution in [0, 0.1) is 5.92 Å². The molecule has 2 amide bonds. The molecule has 1 aliphatic carbocycles. The topological polar surface area (TPSA) is 53.1 Å². The zero-order valence-corrected chi connectivity index (χ0v) is 23.3. The summed E-state index contributed by atoms with van der Waals surface area (Å²) in [5.74, 6) is 1.59. The summed E-state index contributed by atoms with van der Waals surface area (Å²) in [7, 11) is 0. The van der Waals surface area contributed by atoms with Crippen LogP contribution in [0.1, 0.15) is 83.2 Å². The van der Waals surface area contributed by atoms with Gasteiger partial charge in [0.05, 0.1) is 6.61 Å². The van der Waals surface area contributed by atoms with Crippen molar-refractivity contribution in [1.29, 1.82) is 0 Å². The number of nitrogens with zero attached hydrogens (tertiary/aromatic N) is 3. The Kier molecular flexibility index (Phi) is 8.19. The Labute approximate surface area is 233 Å². The summed E-state index contributed by atoms with van der Waals surface area (Å²) in [6.45, 7) is 6.25. The number of amides is 2. The highest BCUT2D eigenvalue weighted by atomic mass is 16.5. The summed E-state index contributed by atoms with van der Waals surface area (Å²) in [4.78, 5) is 32.3. The molecule has 4 aliphatic rings. The van der Waals surface area contributed by atoms with Crippen molar-refractivity contribution in [2.75, 3.05) is 45.9 Å². The maximum Gasteiger partial charge on any atom is 0.253 e. The van der Waals surface area contributed by atoms with Gasteiger partial charge in [-0.15, -0.1) is 0 Å². The van der Waals surface area contributed by atoms with E-state index >= 15 is 0 Å². The van der Waals surface area contributed by atoms with E-state index in [1.54, 1.807) is 12.1 Å². The van der Waals surface area contributed by atoms with E-state index in [1.165, 1.54) is 49.9 Å². The molecular weight excluding hydrogens is 486 g/mol. The van der Waals surface area contributed by atoms with Gasteiger partial charge in [0.15, 0.2) is 0 Å². The van der Waals surface area contributed by atoms with Gasteiger partial charge in [0, 0.05) is 56.4 Å². The highest BCUT2D eigenvalue weighted by molar-refractivity contribution is 5.98. The van der Waals surface area contributed by atoms with Gasteiger partial charge in [-0.3, -0.25) is 14.5 Å². The van der Waals surface area contributed by atoms with Crippen LogP contribution < -0.4 is 4.74 Å². The molecule has 0 atom stereocenters. The quantitative estimate of drug-likeness (QED) is 0.516. The summed E-state index contributed by atoms with van der Waals surface area (Å²) in [5, 5.41) is 0. The molecule has 0 unspecified atom stereocenters. The maximum absolute atomic E-state index is 13.1. The predicted molar refractivity (Wildman–Crippen MR) is 153 cm³/mol. The molecule has 6 heteroatoms. The Morgan fingerprint density at radius 1 is 0.667 bits per heavy atom. The van der Waals surface area contributed by atoms with Gasteiger partial charge >= 0.3 is 0 Å². The van der Waals surface area contributed by atoms with Crippen LogP contribution in [0.2, 0.25) is 0 Å². The minimum Gasteiger partial charge on any atom is -0.493 e. The van der Waals surface area contributed by atoms with E-state index in [1.807, 2.05) is 21.9 Å². The van der Waals surface area contributed by atoms with E-state index in [4.69, 9.17) is 4.74 Å². The Morgan fingerprint density at radius 2 is 1.26 bits per heavy atom. The second-order valence-corrected chi connectivity index (χ2v) is 12.0. The molecule has 0 N–H and O–H groups in total. The summed E-state index contributed by atoms with van der Waals surface area (Å²) in [6, 6.07) is 14.8. The number of ether oxygens (including phenoxy) is 1. The Balaban J connectivity index is 0.964. The molecule has 2 aromatic carbocycles. The fourth-order valence-electron chi connectivity index (χ4n) is 7.00. The van der Waals surface area contributed by atoms with Crippen molar-refractivity contribution < 1.29 is 14.3 Å². The lowest BCUT2D eigenvalue weighted by atomic mass is 9.97. The summed E-state index contributed by atoms with van der Waals surface area (Å²) in [6.07, 6.45) is 11.9. The van der Waals surface area contributed by atoms with Crippen molar-refractivity contribution >= 4 is 11.8 Å². The fourth-order valence-corrected chi connectivity index (χ4v) is 7.00. The number of fused-ring (bicyclic) bond motifs is 1. The maximum atomic E-state index is 13.1. The lowest BCUT2D eigenvalue weighted by Crippen LogP contribution is -2.39. The van der Waals surface area contributed by atoms with E-state index in [0.717, 1.165) is 76.5 Å². The molecule has 0 aromatic heterocycles. The van der Waals surface area contributed by atoms with Crippen LogP contribution >= 0.6 is 0 Å². The number of rotatable bonds is 6. The van der Waals surface area contributed by atoms with Gasteiger partial charge in [0.1, 0.15) is 5.75 Å². The first-order chi connectivity index (χ1) is 19.1. The summed E-state index contributed by atoms with van der Waals surface area (Å²) in [5.41, 5.74) is 4.29. The van der Waals surface area contributed by atoms with Gasteiger partial charge in [-0.2, -0.15) is 0 Å². The molecule has 0 bridgehead atoms. The van der Waals surface area contributed by atoms with Gasteiger partial charge in [-0.25, -0.2) is 0 Å². The fraction of sp³-hybridized carbons (Fsp3) is 0.576. The number of carbonyl (C=O) groups is 2. The van der Waals surface area contributed by atoms with E-state index in [2.05, 4.69) is 23.1 Å². The molecule has 3 heterocycles. The molecule has 208 valence electrons. The number of benzene rings is 2. The Bertz CT molecular complexity index is 1140. The molecular formula is C33H43N3O3. The van der Waals surface area contributed by atoms with Crippen LogP contribution in [-0.2, 0) is 12.8 Å². The van der Waals surface area contributed by atoms with Crippen molar-refractivity contribution in [3.8, 4) is 5.75 Å². The SMILES string of the molecule is O=C(c1ccc(C(=O)N2CCC(COc3ccc4c(c3)CCN(C3CCCC3)CC4)CC2)cc1)N1CCCC1. The second-order valence-electron chi connectivity index (χ2n) is 12.0. The molecule has 6 nitrogen and oxygen atoms in total. The monoisotopic (exact) mass is 529 g/mol. The molecule has 0 radical (unpaired) electrons. The van der Waals surface area contributed by atoms with Gasteiger partial charge < -0.3 is 14.5 Å². The molecule has 6 rings (SSSR count).